The summed E-state index contributed by atoms with van der Waals surface area (Å²) in [7, 11) is -3.86. The van der Waals surface area contributed by atoms with E-state index >= 15 is 0 Å². The second kappa shape index (κ2) is 11.5. The average Bonchev–Trinajstić information content (AvgIpc) is 3.44. The second-order valence-corrected chi connectivity index (χ2v) is 11.4. The van der Waals surface area contributed by atoms with E-state index in [4.69, 9.17) is 0 Å². The fourth-order valence-corrected chi connectivity index (χ4v) is 5.71. The number of hydrogen-bond acceptors (Lipinski definition) is 8. The highest BCUT2D eigenvalue weighted by atomic mass is 32.2. The molecule has 2 aromatic heterocycles. The highest BCUT2D eigenvalue weighted by molar-refractivity contribution is 7.92. The summed E-state index contributed by atoms with van der Waals surface area (Å²) in [6.07, 6.45) is 1.56. The molecule has 0 spiro atoms. The third kappa shape index (κ3) is 6.23. The normalized spacial score (nSPS) is 11.6. The molecule has 40 heavy (non-hydrogen) atoms. The maximum absolute atomic E-state index is 12.8. The van der Waals surface area contributed by atoms with Gasteiger partial charge in [0.1, 0.15) is 16.6 Å². The molecule has 8 nitrogen and oxygen atoms in total. The van der Waals surface area contributed by atoms with E-state index in [-0.39, 0.29) is 10.8 Å². The lowest BCUT2D eigenvalue weighted by Crippen LogP contribution is -2.15. The average molecular weight is 565 g/mol. The van der Waals surface area contributed by atoms with Crippen LogP contribution in [-0.4, -0.2) is 23.4 Å². The van der Waals surface area contributed by atoms with Crippen LogP contribution in [0.15, 0.2) is 101 Å². The van der Waals surface area contributed by atoms with E-state index in [2.05, 4.69) is 55.3 Å². The molecule has 0 amide bonds. The fourth-order valence-electron chi connectivity index (χ4n) is 3.97. The number of aromatic nitrogens is 3. The Morgan fingerprint density at radius 3 is 2.12 bits per heavy atom. The summed E-state index contributed by atoms with van der Waals surface area (Å²) in [5.74, 6) is 0.0243. The molecule has 0 radical (unpaired) electrons. The zero-order chi connectivity index (χ0) is 28.1. The van der Waals surface area contributed by atoms with Gasteiger partial charge in [0.25, 0.3) is 10.0 Å². The lowest BCUT2D eigenvalue weighted by atomic mass is 10.0. The van der Waals surface area contributed by atoms with Gasteiger partial charge in [-0.2, -0.15) is 5.26 Å². The number of rotatable bonds is 8. The largest absolute Gasteiger partial charge is 0.360 e. The predicted molar refractivity (Wildman–Crippen MR) is 159 cm³/mol. The van der Waals surface area contributed by atoms with Gasteiger partial charge in [-0.3, -0.25) is 0 Å². The van der Waals surface area contributed by atoms with Crippen molar-refractivity contribution in [1.82, 2.24) is 15.0 Å². The van der Waals surface area contributed by atoms with Crippen LogP contribution in [0.3, 0.4) is 0 Å². The van der Waals surface area contributed by atoms with Crippen molar-refractivity contribution in [3.8, 4) is 28.5 Å². The quantitative estimate of drug-likeness (QED) is 0.202. The number of anilines is 2. The van der Waals surface area contributed by atoms with Gasteiger partial charge in [0.15, 0.2) is 0 Å². The maximum Gasteiger partial charge on any atom is 0.264 e. The fraction of sp³-hybridized carbons (Fsp3) is 0.0667. The SMILES string of the molecule is Cc1cc(C)nc(NS(=O)(=O)c2ccc(NC=C(C#N)c3nc(-c4ccc(-c5ccccc5)cc4)cs3)cc2)n1. The molecule has 198 valence electrons. The summed E-state index contributed by atoms with van der Waals surface area (Å²) >= 11 is 1.38. The monoisotopic (exact) mass is 564 g/mol. The van der Waals surface area contributed by atoms with Crippen LogP contribution in [0.25, 0.3) is 28.0 Å². The first-order valence-corrected chi connectivity index (χ1v) is 14.6. The van der Waals surface area contributed by atoms with Gasteiger partial charge in [0.05, 0.1) is 10.6 Å². The van der Waals surface area contributed by atoms with Crippen LogP contribution in [0.2, 0.25) is 0 Å². The van der Waals surface area contributed by atoms with E-state index in [1.807, 2.05) is 35.7 Å². The number of aryl methyl sites for hydroxylation is 2. The van der Waals surface area contributed by atoms with E-state index in [0.29, 0.717) is 27.7 Å². The molecule has 0 aliphatic carbocycles. The van der Waals surface area contributed by atoms with Gasteiger partial charge in [-0.15, -0.1) is 11.3 Å². The van der Waals surface area contributed by atoms with Crippen molar-refractivity contribution in [3.05, 3.63) is 113 Å². The molecular weight excluding hydrogens is 541 g/mol. The number of sulfonamides is 1. The first-order chi connectivity index (χ1) is 19.3. The number of benzene rings is 3. The van der Waals surface area contributed by atoms with Crippen LogP contribution in [0.4, 0.5) is 11.6 Å². The molecular formula is C30H24N6O2S2. The number of allylic oxidation sites excluding steroid dienone is 1. The summed E-state index contributed by atoms with van der Waals surface area (Å²) in [5.41, 5.74) is 6.32. The first kappa shape index (κ1) is 26.7. The topological polar surface area (TPSA) is 121 Å². The highest BCUT2D eigenvalue weighted by Gasteiger charge is 2.16. The van der Waals surface area contributed by atoms with Crippen LogP contribution in [-0.2, 0) is 10.0 Å². The van der Waals surface area contributed by atoms with Gasteiger partial charge in [-0.05, 0) is 55.3 Å². The summed E-state index contributed by atoms with van der Waals surface area (Å²) in [4.78, 5) is 13.0. The molecule has 2 heterocycles. The molecule has 3 aromatic carbocycles. The number of nitrogens with zero attached hydrogens (tertiary/aromatic N) is 4. The second-order valence-electron chi connectivity index (χ2n) is 8.90. The summed E-state index contributed by atoms with van der Waals surface area (Å²) in [6, 6.07) is 28.4. The number of nitrogens with one attached hydrogen (secondary N) is 2. The smallest absolute Gasteiger partial charge is 0.264 e. The van der Waals surface area contributed by atoms with Crippen molar-refractivity contribution >= 4 is 38.6 Å². The number of nitriles is 1. The van der Waals surface area contributed by atoms with Crippen molar-refractivity contribution in [2.75, 3.05) is 10.0 Å². The molecule has 0 saturated heterocycles. The van der Waals surface area contributed by atoms with Gasteiger partial charge in [0.2, 0.25) is 5.95 Å². The summed E-state index contributed by atoms with van der Waals surface area (Å²) < 4.78 is 28.0. The molecule has 10 heteroatoms. The highest BCUT2D eigenvalue weighted by Crippen LogP contribution is 2.28. The van der Waals surface area contributed by atoms with Gasteiger partial charge in [0, 0.05) is 34.2 Å². The molecule has 0 saturated carbocycles. The van der Waals surface area contributed by atoms with Crippen LogP contribution in [0.5, 0.6) is 0 Å². The molecule has 0 fully saturated rings. The van der Waals surface area contributed by atoms with E-state index in [0.717, 1.165) is 22.4 Å². The van der Waals surface area contributed by atoms with Gasteiger partial charge < -0.3 is 5.32 Å². The summed E-state index contributed by atoms with van der Waals surface area (Å²) in [6.45, 7) is 3.54. The molecule has 0 aliphatic heterocycles. The molecule has 0 atom stereocenters. The first-order valence-electron chi connectivity index (χ1n) is 12.2. The molecule has 5 rings (SSSR count). The Morgan fingerprint density at radius 1 is 0.850 bits per heavy atom. The Bertz CT molecular complexity index is 1800. The van der Waals surface area contributed by atoms with Gasteiger partial charge >= 0.3 is 0 Å². The minimum atomic E-state index is -3.86. The Morgan fingerprint density at radius 2 is 1.48 bits per heavy atom. The van der Waals surface area contributed by atoms with Crippen LogP contribution in [0.1, 0.15) is 16.4 Å². The Hall–Kier alpha value is -4.85. The van der Waals surface area contributed by atoms with Crippen molar-refractivity contribution in [3.63, 3.8) is 0 Å². The molecule has 0 aliphatic rings. The van der Waals surface area contributed by atoms with Crippen molar-refractivity contribution in [2.45, 2.75) is 18.7 Å². The van der Waals surface area contributed by atoms with Crippen molar-refractivity contribution in [1.29, 1.82) is 5.26 Å². The zero-order valence-electron chi connectivity index (χ0n) is 21.7. The molecule has 5 aromatic rings. The van der Waals surface area contributed by atoms with E-state index in [9.17, 15) is 13.7 Å². The van der Waals surface area contributed by atoms with Gasteiger partial charge in [-0.1, -0.05) is 54.6 Å². The minimum Gasteiger partial charge on any atom is -0.360 e. The third-order valence-electron chi connectivity index (χ3n) is 5.90. The zero-order valence-corrected chi connectivity index (χ0v) is 23.3. The minimum absolute atomic E-state index is 0.0243. The number of thiazole rings is 1. The molecule has 2 N–H and O–H groups in total. The van der Waals surface area contributed by atoms with Crippen molar-refractivity contribution in [2.24, 2.45) is 0 Å². The van der Waals surface area contributed by atoms with Crippen LogP contribution < -0.4 is 10.0 Å². The lowest BCUT2D eigenvalue weighted by molar-refractivity contribution is 0.601. The van der Waals surface area contributed by atoms with E-state index < -0.39 is 10.0 Å². The van der Waals surface area contributed by atoms with Crippen molar-refractivity contribution < 1.29 is 8.42 Å². The van der Waals surface area contributed by atoms with E-state index in [1.165, 1.54) is 23.5 Å². The van der Waals surface area contributed by atoms with E-state index in [1.54, 1.807) is 38.2 Å². The number of hydrogen-bond donors (Lipinski definition) is 2. The maximum atomic E-state index is 12.8. The van der Waals surface area contributed by atoms with Crippen LogP contribution in [0, 0.1) is 25.2 Å². The third-order valence-corrected chi connectivity index (χ3v) is 8.12. The lowest BCUT2D eigenvalue weighted by Gasteiger charge is -2.09. The molecule has 0 unspecified atom stereocenters. The standard InChI is InChI=1S/C30H24N6O2S2/c1-20-16-21(2)34-30(33-20)36-40(37,38)27-14-12-26(13-15-27)32-18-25(17-31)29-35-28(19-39-29)24-10-8-23(9-11-24)22-6-4-3-5-7-22/h3-16,18-19,32H,1-2H3,(H,33,34,36). The molecule has 0 bridgehead atoms. The Kier molecular flexibility index (Phi) is 7.68. The Labute approximate surface area is 236 Å². The summed E-state index contributed by atoms with van der Waals surface area (Å²) in [5, 5.41) is 15.3. The predicted octanol–water partition coefficient (Wildman–Crippen LogP) is 6.66. The van der Waals surface area contributed by atoms with Crippen LogP contribution >= 0.6 is 11.3 Å². The van der Waals surface area contributed by atoms with Gasteiger partial charge in [-0.25, -0.2) is 28.1 Å². The Balaban J connectivity index is 1.27.